The van der Waals surface area contributed by atoms with Gasteiger partial charge in [0.25, 0.3) is 0 Å². The first kappa shape index (κ1) is 14.9. The Bertz CT molecular complexity index is 326. The lowest BCUT2D eigenvalue weighted by molar-refractivity contribution is 0.108. The zero-order valence-electron chi connectivity index (χ0n) is 11.4. The van der Waals surface area contributed by atoms with E-state index in [-0.39, 0.29) is 17.3 Å². The summed E-state index contributed by atoms with van der Waals surface area (Å²) in [6, 6.07) is 0. The van der Waals surface area contributed by atoms with Crippen LogP contribution < -0.4 is 0 Å². The van der Waals surface area contributed by atoms with Crippen LogP contribution in [0.25, 0.3) is 0 Å². The third-order valence-electron chi connectivity index (χ3n) is 2.89. The maximum absolute atomic E-state index is 12.0. The van der Waals surface area contributed by atoms with Gasteiger partial charge in [0.1, 0.15) is 0 Å². The van der Waals surface area contributed by atoms with Crippen molar-refractivity contribution in [3.05, 3.63) is 0 Å². The molecular weight excluding hydrogens is 238 g/mol. The van der Waals surface area contributed by atoms with Crippen molar-refractivity contribution in [1.29, 1.82) is 0 Å². The van der Waals surface area contributed by atoms with E-state index < -0.39 is 10.0 Å². The van der Waals surface area contributed by atoms with Crippen LogP contribution in [-0.2, 0) is 14.8 Å². The summed E-state index contributed by atoms with van der Waals surface area (Å²) >= 11 is 0. The van der Waals surface area contributed by atoms with E-state index in [0.29, 0.717) is 13.0 Å². The molecule has 102 valence electrons. The predicted octanol–water partition coefficient (Wildman–Crippen LogP) is 1.86. The van der Waals surface area contributed by atoms with Crippen molar-refractivity contribution in [1.82, 2.24) is 4.31 Å². The van der Waals surface area contributed by atoms with E-state index in [4.69, 9.17) is 4.74 Å². The summed E-state index contributed by atoms with van der Waals surface area (Å²) < 4.78 is 31.0. The van der Waals surface area contributed by atoms with Gasteiger partial charge in [-0.1, -0.05) is 20.8 Å². The molecule has 0 amide bonds. The molecule has 1 rings (SSSR count). The summed E-state index contributed by atoms with van der Waals surface area (Å²) in [4.78, 5) is 0. The van der Waals surface area contributed by atoms with Crippen LogP contribution >= 0.6 is 0 Å². The number of hydrogen-bond acceptors (Lipinski definition) is 3. The fraction of sp³-hybridized carbons (Fsp3) is 1.00. The summed E-state index contributed by atoms with van der Waals surface area (Å²) in [5.41, 5.74) is -0.00826. The summed E-state index contributed by atoms with van der Waals surface area (Å²) in [5, 5.41) is 0. The molecule has 5 heteroatoms. The Hall–Kier alpha value is -0.130. The topological polar surface area (TPSA) is 46.6 Å². The standard InChI is InChI=1S/C12H25NO3S/c1-12(2,3)10-13(4)17(14,15)9-7-11-6-5-8-16-11/h11H,5-10H2,1-4H3. The minimum Gasteiger partial charge on any atom is -0.378 e. The van der Waals surface area contributed by atoms with Crippen LogP contribution in [0.1, 0.15) is 40.0 Å². The molecule has 0 N–H and O–H groups in total. The second kappa shape index (κ2) is 5.67. The number of rotatable bonds is 5. The normalized spacial score (nSPS) is 22.3. The fourth-order valence-electron chi connectivity index (χ4n) is 2.07. The van der Waals surface area contributed by atoms with Gasteiger partial charge in [-0.05, 0) is 24.7 Å². The Labute approximate surface area is 105 Å². The molecule has 0 saturated carbocycles. The number of nitrogens with zero attached hydrogens (tertiary/aromatic N) is 1. The van der Waals surface area contributed by atoms with Crippen LogP contribution in [0.2, 0.25) is 0 Å². The van der Waals surface area contributed by atoms with Gasteiger partial charge in [-0.2, -0.15) is 0 Å². The molecule has 0 aromatic heterocycles. The molecule has 1 unspecified atom stereocenters. The van der Waals surface area contributed by atoms with Crippen molar-refractivity contribution in [2.75, 3.05) is 26.0 Å². The van der Waals surface area contributed by atoms with Gasteiger partial charge in [-0.25, -0.2) is 12.7 Å². The Morgan fingerprint density at radius 2 is 2.00 bits per heavy atom. The van der Waals surface area contributed by atoms with Gasteiger partial charge < -0.3 is 4.74 Å². The SMILES string of the molecule is CN(CC(C)(C)C)S(=O)(=O)CCC1CCCO1. The van der Waals surface area contributed by atoms with E-state index in [1.165, 1.54) is 4.31 Å². The maximum atomic E-state index is 12.0. The van der Waals surface area contributed by atoms with E-state index in [1.54, 1.807) is 7.05 Å². The monoisotopic (exact) mass is 263 g/mol. The third kappa shape index (κ3) is 5.36. The molecule has 0 aliphatic carbocycles. The third-order valence-corrected chi connectivity index (χ3v) is 4.72. The second-order valence-electron chi connectivity index (χ2n) is 6.06. The zero-order chi connectivity index (χ0) is 13.1. The average molecular weight is 263 g/mol. The molecule has 0 bridgehead atoms. The highest BCUT2D eigenvalue weighted by Crippen LogP contribution is 2.19. The van der Waals surface area contributed by atoms with Crippen molar-refractivity contribution in [2.45, 2.75) is 46.1 Å². The maximum Gasteiger partial charge on any atom is 0.213 e. The van der Waals surface area contributed by atoms with Gasteiger partial charge in [-0.15, -0.1) is 0 Å². The van der Waals surface area contributed by atoms with Crippen LogP contribution in [0.15, 0.2) is 0 Å². The highest BCUT2D eigenvalue weighted by molar-refractivity contribution is 7.89. The highest BCUT2D eigenvalue weighted by Gasteiger charge is 2.25. The van der Waals surface area contributed by atoms with Gasteiger partial charge in [0.15, 0.2) is 0 Å². The van der Waals surface area contributed by atoms with E-state index in [1.807, 2.05) is 20.8 Å². The lowest BCUT2D eigenvalue weighted by Gasteiger charge is -2.26. The average Bonchev–Trinajstić information content (AvgIpc) is 2.64. The van der Waals surface area contributed by atoms with Crippen molar-refractivity contribution < 1.29 is 13.2 Å². The molecule has 1 aliphatic heterocycles. The molecule has 0 aromatic rings. The van der Waals surface area contributed by atoms with Crippen molar-refractivity contribution in [2.24, 2.45) is 5.41 Å². The van der Waals surface area contributed by atoms with Crippen LogP contribution in [0.5, 0.6) is 0 Å². The Morgan fingerprint density at radius 3 is 2.47 bits per heavy atom. The van der Waals surface area contributed by atoms with E-state index >= 15 is 0 Å². The van der Waals surface area contributed by atoms with Crippen LogP contribution in [0.4, 0.5) is 0 Å². The Morgan fingerprint density at radius 1 is 1.35 bits per heavy atom. The van der Waals surface area contributed by atoms with Crippen molar-refractivity contribution >= 4 is 10.0 Å². The van der Waals surface area contributed by atoms with Gasteiger partial charge in [0.2, 0.25) is 10.0 Å². The van der Waals surface area contributed by atoms with Crippen LogP contribution in [0.3, 0.4) is 0 Å². The number of ether oxygens (including phenoxy) is 1. The van der Waals surface area contributed by atoms with Gasteiger partial charge >= 0.3 is 0 Å². The molecule has 0 aromatic carbocycles. The highest BCUT2D eigenvalue weighted by atomic mass is 32.2. The molecule has 0 spiro atoms. The molecular formula is C12H25NO3S. The molecule has 1 fully saturated rings. The molecule has 17 heavy (non-hydrogen) atoms. The summed E-state index contributed by atoms with van der Waals surface area (Å²) in [5.74, 6) is 0.199. The lowest BCUT2D eigenvalue weighted by Crippen LogP contribution is -2.36. The van der Waals surface area contributed by atoms with Gasteiger partial charge in [-0.3, -0.25) is 0 Å². The summed E-state index contributed by atoms with van der Waals surface area (Å²) in [6.45, 7) is 7.46. The van der Waals surface area contributed by atoms with Gasteiger partial charge in [0.05, 0.1) is 11.9 Å². The summed E-state index contributed by atoms with van der Waals surface area (Å²) in [6.07, 6.45) is 2.82. The minimum absolute atomic E-state index is 0.00826. The first-order chi connectivity index (χ1) is 7.71. The Kier molecular flexibility index (Phi) is 4.98. The van der Waals surface area contributed by atoms with Crippen LogP contribution in [0, 0.1) is 5.41 Å². The molecule has 1 heterocycles. The largest absolute Gasteiger partial charge is 0.378 e. The first-order valence-electron chi connectivity index (χ1n) is 6.26. The minimum atomic E-state index is -3.13. The number of sulfonamides is 1. The molecule has 4 nitrogen and oxygen atoms in total. The molecule has 1 saturated heterocycles. The molecule has 1 aliphatic rings. The smallest absolute Gasteiger partial charge is 0.213 e. The van der Waals surface area contributed by atoms with E-state index in [9.17, 15) is 8.42 Å². The zero-order valence-corrected chi connectivity index (χ0v) is 12.2. The predicted molar refractivity (Wildman–Crippen MR) is 69.5 cm³/mol. The fourth-order valence-corrected chi connectivity index (χ4v) is 3.53. The molecule has 1 atom stereocenters. The quantitative estimate of drug-likeness (QED) is 0.760. The first-order valence-corrected chi connectivity index (χ1v) is 7.87. The van der Waals surface area contributed by atoms with Crippen LogP contribution in [-0.4, -0.2) is 44.8 Å². The molecule has 0 radical (unpaired) electrons. The Balaban J connectivity index is 2.44. The van der Waals surface area contributed by atoms with Crippen molar-refractivity contribution in [3.8, 4) is 0 Å². The van der Waals surface area contributed by atoms with E-state index in [2.05, 4.69) is 0 Å². The summed E-state index contributed by atoms with van der Waals surface area (Å²) in [7, 11) is -1.46. The van der Waals surface area contributed by atoms with E-state index in [0.717, 1.165) is 19.4 Å². The second-order valence-corrected chi connectivity index (χ2v) is 8.25. The number of hydrogen-bond donors (Lipinski definition) is 0. The van der Waals surface area contributed by atoms with Crippen molar-refractivity contribution in [3.63, 3.8) is 0 Å². The lowest BCUT2D eigenvalue weighted by atomic mass is 9.97. The van der Waals surface area contributed by atoms with Gasteiger partial charge in [0, 0.05) is 20.2 Å².